The standard InChI is InChI=1S/C13H19O4P/c1-10(13(14)15-2)17-12-7-5-11(6-8-12)4-3-9-16-18/h5-8,10H,3-4,9,18H2,1-2H3. The molecule has 100 valence electrons. The minimum absolute atomic E-state index is 0.378. The highest BCUT2D eigenvalue weighted by Crippen LogP contribution is 2.15. The summed E-state index contributed by atoms with van der Waals surface area (Å²) in [6, 6.07) is 7.69. The highest BCUT2D eigenvalue weighted by Gasteiger charge is 2.14. The van der Waals surface area contributed by atoms with Crippen molar-refractivity contribution in [1.82, 2.24) is 0 Å². The zero-order valence-electron chi connectivity index (χ0n) is 10.7. The fourth-order valence-electron chi connectivity index (χ4n) is 1.51. The Balaban J connectivity index is 2.47. The van der Waals surface area contributed by atoms with Crippen LogP contribution in [0.25, 0.3) is 0 Å². The molecule has 0 aromatic heterocycles. The van der Waals surface area contributed by atoms with Crippen LogP contribution in [-0.4, -0.2) is 25.8 Å². The van der Waals surface area contributed by atoms with Crippen molar-refractivity contribution in [3.8, 4) is 5.75 Å². The van der Waals surface area contributed by atoms with Gasteiger partial charge < -0.3 is 14.0 Å². The molecule has 2 unspecified atom stereocenters. The van der Waals surface area contributed by atoms with E-state index in [1.165, 1.54) is 12.7 Å². The van der Waals surface area contributed by atoms with Crippen LogP contribution in [0.5, 0.6) is 5.75 Å². The Morgan fingerprint density at radius 2 is 2.00 bits per heavy atom. The summed E-state index contributed by atoms with van der Waals surface area (Å²) in [5.74, 6) is 0.288. The van der Waals surface area contributed by atoms with Gasteiger partial charge in [-0.05, 0) is 37.5 Å². The number of rotatable bonds is 7. The molecule has 4 nitrogen and oxygen atoms in total. The van der Waals surface area contributed by atoms with Crippen LogP contribution >= 0.6 is 9.47 Å². The summed E-state index contributed by atoms with van der Waals surface area (Å²) in [4.78, 5) is 11.2. The Bertz CT molecular complexity index is 364. The van der Waals surface area contributed by atoms with Gasteiger partial charge in [-0.2, -0.15) is 0 Å². The SMILES string of the molecule is COC(=O)C(C)Oc1ccc(CCCOP)cc1. The molecule has 0 fully saturated rings. The maximum absolute atomic E-state index is 11.2. The van der Waals surface area contributed by atoms with E-state index in [1.54, 1.807) is 6.92 Å². The molecule has 0 aliphatic heterocycles. The predicted molar refractivity (Wildman–Crippen MR) is 72.5 cm³/mol. The first-order chi connectivity index (χ1) is 8.67. The normalized spacial score (nSPS) is 11.9. The number of carbonyl (C=O) groups is 1. The monoisotopic (exact) mass is 270 g/mol. The fraction of sp³-hybridized carbons (Fsp3) is 0.462. The molecule has 1 aromatic carbocycles. The molecule has 0 amide bonds. The Hall–Kier alpha value is -1.12. The van der Waals surface area contributed by atoms with E-state index in [2.05, 4.69) is 14.2 Å². The van der Waals surface area contributed by atoms with Gasteiger partial charge in [-0.25, -0.2) is 4.79 Å². The highest BCUT2D eigenvalue weighted by atomic mass is 31.0. The summed E-state index contributed by atoms with van der Waals surface area (Å²) in [5.41, 5.74) is 1.22. The van der Waals surface area contributed by atoms with Crippen LogP contribution in [0.15, 0.2) is 24.3 Å². The van der Waals surface area contributed by atoms with Gasteiger partial charge in [-0.15, -0.1) is 0 Å². The van der Waals surface area contributed by atoms with Gasteiger partial charge in [0.25, 0.3) is 0 Å². The molecule has 18 heavy (non-hydrogen) atoms. The van der Waals surface area contributed by atoms with Crippen molar-refractivity contribution in [3.05, 3.63) is 29.8 Å². The third-order valence-corrected chi connectivity index (χ3v) is 2.73. The van der Waals surface area contributed by atoms with Gasteiger partial charge in [0.1, 0.15) is 5.75 Å². The summed E-state index contributed by atoms with van der Waals surface area (Å²) in [6.45, 7) is 2.39. The van der Waals surface area contributed by atoms with E-state index in [9.17, 15) is 4.79 Å². The van der Waals surface area contributed by atoms with E-state index in [-0.39, 0.29) is 5.97 Å². The predicted octanol–water partition coefficient (Wildman–Crippen LogP) is 2.37. The van der Waals surface area contributed by atoms with Crippen LogP contribution in [-0.2, 0) is 20.5 Å². The minimum Gasteiger partial charge on any atom is -0.479 e. The molecule has 0 radical (unpaired) electrons. The number of aryl methyl sites for hydroxylation is 1. The quantitative estimate of drug-likeness (QED) is 0.433. The van der Waals surface area contributed by atoms with Crippen molar-refractivity contribution >= 4 is 15.4 Å². The molecule has 5 heteroatoms. The molecular weight excluding hydrogens is 251 g/mol. The Kier molecular flexibility index (Phi) is 6.69. The molecule has 0 N–H and O–H groups in total. The van der Waals surface area contributed by atoms with Gasteiger partial charge in [0, 0.05) is 9.47 Å². The molecular formula is C13H19O4P. The van der Waals surface area contributed by atoms with E-state index < -0.39 is 6.10 Å². The van der Waals surface area contributed by atoms with Crippen molar-refractivity contribution in [1.29, 1.82) is 0 Å². The second-order valence-electron chi connectivity index (χ2n) is 3.90. The van der Waals surface area contributed by atoms with Gasteiger partial charge in [0.15, 0.2) is 6.10 Å². The van der Waals surface area contributed by atoms with Gasteiger partial charge in [-0.1, -0.05) is 12.1 Å². The first-order valence-corrected chi connectivity index (χ1v) is 6.29. The molecule has 2 atom stereocenters. The van der Waals surface area contributed by atoms with Crippen LogP contribution in [0.1, 0.15) is 18.9 Å². The van der Waals surface area contributed by atoms with Crippen molar-refractivity contribution in [2.24, 2.45) is 0 Å². The molecule has 0 aliphatic carbocycles. The number of carbonyl (C=O) groups excluding carboxylic acids is 1. The lowest BCUT2D eigenvalue weighted by molar-refractivity contribution is -0.147. The first-order valence-electron chi connectivity index (χ1n) is 5.82. The molecule has 0 bridgehead atoms. The molecule has 0 aliphatic rings. The van der Waals surface area contributed by atoms with Crippen LogP contribution in [0.4, 0.5) is 0 Å². The second kappa shape index (κ2) is 8.06. The topological polar surface area (TPSA) is 44.8 Å². The van der Waals surface area contributed by atoms with Crippen molar-refractivity contribution in [2.75, 3.05) is 13.7 Å². The zero-order valence-corrected chi connectivity index (χ0v) is 11.9. The number of ether oxygens (including phenoxy) is 2. The van der Waals surface area contributed by atoms with Crippen LogP contribution in [0.3, 0.4) is 0 Å². The third-order valence-electron chi connectivity index (χ3n) is 2.50. The van der Waals surface area contributed by atoms with E-state index >= 15 is 0 Å². The largest absolute Gasteiger partial charge is 0.479 e. The van der Waals surface area contributed by atoms with Crippen molar-refractivity contribution in [3.63, 3.8) is 0 Å². The first kappa shape index (κ1) is 14.9. The summed E-state index contributed by atoms with van der Waals surface area (Å²) in [7, 11) is 3.59. The molecule has 0 spiro atoms. The maximum Gasteiger partial charge on any atom is 0.346 e. The lowest BCUT2D eigenvalue weighted by atomic mass is 10.1. The molecule has 1 rings (SSSR count). The van der Waals surface area contributed by atoms with Gasteiger partial charge in [0.05, 0.1) is 13.7 Å². The van der Waals surface area contributed by atoms with Crippen LogP contribution in [0.2, 0.25) is 0 Å². The lowest BCUT2D eigenvalue weighted by Crippen LogP contribution is -2.24. The molecule has 0 saturated heterocycles. The lowest BCUT2D eigenvalue weighted by Gasteiger charge is -2.12. The van der Waals surface area contributed by atoms with Gasteiger partial charge in [-0.3, -0.25) is 0 Å². The molecule has 0 heterocycles. The Morgan fingerprint density at radius 3 is 2.56 bits per heavy atom. The molecule has 0 saturated carbocycles. The number of hydrogen-bond donors (Lipinski definition) is 0. The van der Waals surface area contributed by atoms with E-state index in [4.69, 9.17) is 9.26 Å². The average molecular weight is 270 g/mol. The minimum atomic E-state index is -0.591. The van der Waals surface area contributed by atoms with Crippen LogP contribution < -0.4 is 4.74 Å². The smallest absolute Gasteiger partial charge is 0.346 e. The average Bonchev–Trinajstić information content (AvgIpc) is 2.40. The summed E-state index contributed by atoms with van der Waals surface area (Å²) in [5, 5.41) is 0. The summed E-state index contributed by atoms with van der Waals surface area (Å²) >= 11 is 0. The summed E-state index contributed by atoms with van der Waals surface area (Å²) < 4.78 is 15.0. The Labute approximate surface area is 110 Å². The van der Waals surface area contributed by atoms with E-state index in [0.717, 1.165) is 19.4 Å². The fourth-order valence-corrected chi connectivity index (χ4v) is 1.68. The second-order valence-corrected chi connectivity index (χ2v) is 4.23. The number of benzene rings is 1. The van der Waals surface area contributed by atoms with Gasteiger partial charge >= 0.3 is 5.97 Å². The zero-order chi connectivity index (χ0) is 13.4. The third kappa shape index (κ3) is 5.03. The van der Waals surface area contributed by atoms with Gasteiger partial charge in [0.2, 0.25) is 0 Å². The van der Waals surface area contributed by atoms with E-state index in [1.807, 2.05) is 24.3 Å². The van der Waals surface area contributed by atoms with Crippen LogP contribution in [0, 0.1) is 0 Å². The van der Waals surface area contributed by atoms with Crippen molar-refractivity contribution < 1.29 is 18.8 Å². The summed E-state index contributed by atoms with van der Waals surface area (Å²) in [6.07, 6.45) is 1.34. The number of methoxy groups -OCH3 is 1. The Morgan fingerprint density at radius 1 is 1.33 bits per heavy atom. The van der Waals surface area contributed by atoms with E-state index in [0.29, 0.717) is 5.75 Å². The number of hydrogen-bond acceptors (Lipinski definition) is 4. The van der Waals surface area contributed by atoms with Crippen molar-refractivity contribution in [2.45, 2.75) is 25.9 Å². The highest BCUT2D eigenvalue weighted by molar-refractivity contribution is 7.09. The molecule has 1 aromatic rings. The number of esters is 1. The maximum atomic E-state index is 11.2.